The molecular formula is C11H12INO2. The van der Waals surface area contributed by atoms with Crippen molar-refractivity contribution in [1.82, 2.24) is 5.32 Å². The van der Waals surface area contributed by atoms with E-state index in [9.17, 15) is 4.79 Å². The predicted molar refractivity (Wildman–Crippen MR) is 66.1 cm³/mol. The Hall–Kier alpha value is -0.620. The molecule has 80 valence electrons. The lowest BCUT2D eigenvalue weighted by atomic mass is 9.94. The van der Waals surface area contributed by atoms with Gasteiger partial charge in [-0.1, -0.05) is 46.9 Å². The minimum Gasteiger partial charge on any atom is -0.481 e. The number of benzene rings is 1. The minimum atomic E-state index is -0.740. The van der Waals surface area contributed by atoms with Crippen LogP contribution in [-0.2, 0) is 11.2 Å². The number of alkyl halides is 1. The van der Waals surface area contributed by atoms with E-state index in [1.807, 2.05) is 12.1 Å². The molecular weight excluding hydrogens is 305 g/mol. The third-order valence-corrected chi connectivity index (χ3v) is 3.63. The number of hydrogen-bond acceptors (Lipinski definition) is 2. The Balaban J connectivity index is 2.19. The lowest BCUT2D eigenvalue weighted by Gasteiger charge is -2.29. The monoisotopic (exact) mass is 317 g/mol. The molecule has 15 heavy (non-hydrogen) atoms. The van der Waals surface area contributed by atoms with E-state index in [2.05, 4.69) is 40.0 Å². The molecule has 1 aliphatic rings. The fourth-order valence-corrected chi connectivity index (χ4v) is 3.05. The second-order valence-corrected chi connectivity index (χ2v) is 4.97. The second-order valence-electron chi connectivity index (χ2n) is 3.73. The SMILES string of the molecule is O=C(O)CC1Cc2ccccc2C(I)N1. The van der Waals surface area contributed by atoms with Crippen LogP contribution < -0.4 is 5.32 Å². The zero-order valence-corrected chi connectivity index (χ0v) is 10.3. The second kappa shape index (κ2) is 4.49. The highest BCUT2D eigenvalue weighted by atomic mass is 127. The Morgan fingerprint density at radius 1 is 1.53 bits per heavy atom. The molecule has 0 aliphatic carbocycles. The van der Waals surface area contributed by atoms with Crippen molar-refractivity contribution in [3.63, 3.8) is 0 Å². The fourth-order valence-electron chi connectivity index (χ4n) is 1.93. The zero-order valence-electron chi connectivity index (χ0n) is 8.11. The Morgan fingerprint density at radius 2 is 2.27 bits per heavy atom. The first-order valence-corrected chi connectivity index (χ1v) is 6.11. The van der Waals surface area contributed by atoms with Crippen LogP contribution in [0.1, 0.15) is 21.6 Å². The quantitative estimate of drug-likeness (QED) is 0.499. The molecule has 1 aliphatic heterocycles. The van der Waals surface area contributed by atoms with E-state index in [-0.39, 0.29) is 16.5 Å². The molecule has 0 fully saturated rings. The number of carbonyl (C=O) groups is 1. The summed E-state index contributed by atoms with van der Waals surface area (Å²) in [6.45, 7) is 0. The van der Waals surface area contributed by atoms with Gasteiger partial charge < -0.3 is 5.11 Å². The van der Waals surface area contributed by atoms with Crippen LogP contribution in [0.2, 0.25) is 0 Å². The highest BCUT2D eigenvalue weighted by molar-refractivity contribution is 14.1. The molecule has 0 bridgehead atoms. The molecule has 0 radical (unpaired) electrons. The van der Waals surface area contributed by atoms with Gasteiger partial charge in [0, 0.05) is 6.04 Å². The lowest BCUT2D eigenvalue weighted by molar-refractivity contribution is -0.137. The van der Waals surface area contributed by atoms with Crippen molar-refractivity contribution in [3.05, 3.63) is 35.4 Å². The van der Waals surface area contributed by atoms with Gasteiger partial charge in [0.2, 0.25) is 0 Å². The number of carboxylic acid groups (broad SMARTS) is 1. The number of halogens is 1. The summed E-state index contributed by atoms with van der Waals surface area (Å²) in [5.41, 5.74) is 2.54. The largest absolute Gasteiger partial charge is 0.481 e. The van der Waals surface area contributed by atoms with Crippen molar-refractivity contribution >= 4 is 28.6 Å². The first-order chi connectivity index (χ1) is 7.16. The van der Waals surface area contributed by atoms with Gasteiger partial charge in [-0.05, 0) is 17.5 Å². The maximum atomic E-state index is 10.6. The molecule has 0 aromatic heterocycles. The average Bonchev–Trinajstić information content (AvgIpc) is 2.16. The van der Waals surface area contributed by atoms with Crippen LogP contribution in [0.15, 0.2) is 24.3 Å². The molecule has 4 heteroatoms. The normalized spacial score (nSPS) is 24.6. The predicted octanol–water partition coefficient (Wildman–Crippen LogP) is 2.11. The van der Waals surface area contributed by atoms with E-state index < -0.39 is 5.97 Å². The van der Waals surface area contributed by atoms with Crippen LogP contribution in [0.3, 0.4) is 0 Å². The highest BCUT2D eigenvalue weighted by Crippen LogP contribution is 2.30. The van der Waals surface area contributed by atoms with Crippen LogP contribution in [0, 0.1) is 0 Å². The van der Waals surface area contributed by atoms with Crippen molar-refractivity contribution in [3.8, 4) is 0 Å². The van der Waals surface area contributed by atoms with Gasteiger partial charge in [-0.15, -0.1) is 0 Å². The molecule has 0 amide bonds. The summed E-state index contributed by atoms with van der Waals surface area (Å²) in [7, 11) is 0. The van der Waals surface area contributed by atoms with Gasteiger partial charge in [0.15, 0.2) is 0 Å². The Labute approximate surface area is 102 Å². The van der Waals surface area contributed by atoms with E-state index in [4.69, 9.17) is 5.11 Å². The van der Waals surface area contributed by atoms with Gasteiger partial charge in [-0.2, -0.15) is 0 Å². The number of aliphatic carboxylic acids is 1. The summed E-state index contributed by atoms with van der Waals surface area (Å²) < 4.78 is 0.219. The molecule has 0 saturated heterocycles. The van der Waals surface area contributed by atoms with Crippen molar-refractivity contribution < 1.29 is 9.90 Å². The molecule has 3 nitrogen and oxygen atoms in total. The van der Waals surface area contributed by atoms with Gasteiger partial charge in [0.05, 0.1) is 10.5 Å². The molecule has 0 saturated carbocycles. The summed E-state index contributed by atoms with van der Waals surface area (Å²) in [4.78, 5) is 10.6. The van der Waals surface area contributed by atoms with E-state index in [0.29, 0.717) is 0 Å². The van der Waals surface area contributed by atoms with E-state index >= 15 is 0 Å². The van der Waals surface area contributed by atoms with Crippen LogP contribution in [-0.4, -0.2) is 17.1 Å². The highest BCUT2D eigenvalue weighted by Gasteiger charge is 2.25. The first kappa shape index (κ1) is 10.9. The molecule has 1 aromatic rings. The summed E-state index contributed by atoms with van der Waals surface area (Å²) in [6.07, 6.45) is 0.996. The molecule has 2 rings (SSSR count). The molecule has 1 aromatic carbocycles. The fraction of sp³-hybridized carbons (Fsp3) is 0.364. The Morgan fingerprint density at radius 3 is 3.00 bits per heavy atom. The van der Waals surface area contributed by atoms with Crippen LogP contribution >= 0.6 is 22.6 Å². The molecule has 2 atom stereocenters. The minimum absolute atomic E-state index is 0.0549. The summed E-state index contributed by atoms with van der Waals surface area (Å²) >= 11 is 2.31. The maximum absolute atomic E-state index is 10.6. The first-order valence-electron chi connectivity index (χ1n) is 4.86. The lowest BCUT2D eigenvalue weighted by Crippen LogP contribution is -2.38. The molecule has 2 N–H and O–H groups in total. The summed E-state index contributed by atoms with van der Waals surface area (Å²) in [6, 6.07) is 8.25. The molecule has 1 heterocycles. The van der Waals surface area contributed by atoms with Crippen molar-refractivity contribution in [2.24, 2.45) is 0 Å². The Bertz CT molecular complexity index is 381. The number of rotatable bonds is 2. The van der Waals surface area contributed by atoms with Gasteiger partial charge in [0.1, 0.15) is 0 Å². The van der Waals surface area contributed by atoms with Crippen molar-refractivity contribution in [2.45, 2.75) is 22.9 Å². The van der Waals surface area contributed by atoms with Gasteiger partial charge in [-0.25, -0.2) is 0 Å². The third kappa shape index (κ3) is 2.49. The van der Waals surface area contributed by atoms with E-state index in [0.717, 1.165) is 6.42 Å². The summed E-state index contributed by atoms with van der Waals surface area (Å²) in [5.74, 6) is -0.740. The third-order valence-electron chi connectivity index (χ3n) is 2.60. The zero-order chi connectivity index (χ0) is 10.8. The van der Waals surface area contributed by atoms with Crippen LogP contribution in [0.4, 0.5) is 0 Å². The van der Waals surface area contributed by atoms with Crippen molar-refractivity contribution in [1.29, 1.82) is 0 Å². The molecule has 2 unspecified atom stereocenters. The topological polar surface area (TPSA) is 49.3 Å². The van der Waals surface area contributed by atoms with Gasteiger partial charge in [0.25, 0.3) is 0 Å². The van der Waals surface area contributed by atoms with Gasteiger partial charge >= 0.3 is 5.97 Å². The maximum Gasteiger partial charge on any atom is 0.304 e. The summed E-state index contributed by atoms with van der Waals surface area (Å²) in [5, 5.41) is 12.1. The molecule has 0 spiro atoms. The van der Waals surface area contributed by atoms with Crippen LogP contribution in [0.5, 0.6) is 0 Å². The Kier molecular flexibility index (Phi) is 3.25. The number of fused-ring (bicyclic) bond motifs is 1. The van der Waals surface area contributed by atoms with Gasteiger partial charge in [-0.3, -0.25) is 10.1 Å². The van der Waals surface area contributed by atoms with E-state index in [1.165, 1.54) is 11.1 Å². The number of nitrogens with one attached hydrogen (secondary N) is 1. The average molecular weight is 317 g/mol. The number of carboxylic acids is 1. The smallest absolute Gasteiger partial charge is 0.304 e. The van der Waals surface area contributed by atoms with Crippen LogP contribution in [0.25, 0.3) is 0 Å². The number of hydrogen-bond donors (Lipinski definition) is 2. The standard InChI is InChI=1S/C11H12INO2/c12-11-9-4-2-1-3-7(9)5-8(13-11)6-10(14)15/h1-4,8,11,13H,5-6H2,(H,14,15). The van der Waals surface area contributed by atoms with Crippen molar-refractivity contribution in [2.75, 3.05) is 0 Å². The van der Waals surface area contributed by atoms with E-state index in [1.54, 1.807) is 0 Å².